The highest BCUT2D eigenvalue weighted by atomic mass is 32.2. The number of nitrogens with zero attached hydrogens (tertiary/aromatic N) is 4. The first-order valence-corrected chi connectivity index (χ1v) is 10.5. The molecule has 0 saturated heterocycles. The number of thiazole rings is 1. The van der Waals surface area contributed by atoms with E-state index in [0.29, 0.717) is 5.13 Å². The molecule has 27 heavy (non-hydrogen) atoms. The molecule has 0 fully saturated rings. The molecule has 0 aliphatic heterocycles. The van der Waals surface area contributed by atoms with Gasteiger partial charge in [0.15, 0.2) is 16.1 Å². The number of hydrogen-bond donors (Lipinski definition) is 1. The maximum absolute atomic E-state index is 12.5. The van der Waals surface area contributed by atoms with E-state index < -0.39 is 0 Å². The summed E-state index contributed by atoms with van der Waals surface area (Å²) in [5.74, 6) is 0.726. The zero-order valence-electron chi connectivity index (χ0n) is 16.1. The molecule has 2 heterocycles. The highest BCUT2D eigenvalue weighted by Gasteiger charge is 2.22. The number of nitrogens with one attached hydrogen (secondary N) is 1. The Hall–Kier alpha value is -2.19. The van der Waals surface area contributed by atoms with E-state index in [0.717, 1.165) is 22.2 Å². The predicted octanol–water partition coefficient (Wildman–Crippen LogP) is 4.72. The fourth-order valence-electron chi connectivity index (χ4n) is 2.63. The lowest BCUT2D eigenvalue weighted by Crippen LogP contribution is -2.23. The topological polar surface area (TPSA) is 72.7 Å². The summed E-state index contributed by atoms with van der Waals surface area (Å²) in [6, 6.07) is 8.38. The van der Waals surface area contributed by atoms with Gasteiger partial charge in [-0.2, -0.15) is 0 Å². The summed E-state index contributed by atoms with van der Waals surface area (Å²) < 4.78 is 2.08. The first kappa shape index (κ1) is 19.6. The minimum atomic E-state index is -0.318. The van der Waals surface area contributed by atoms with E-state index in [4.69, 9.17) is 0 Å². The lowest BCUT2D eigenvalue weighted by Gasteiger charge is -2.16. The van der Waals surface area contributed by atoms with E-state index in [9.17, 15) is 4.79 Å². The molecule has 8 heteroatoms. The van der Waals surface area contributed by atoms with Crippen LogP contribution < -0.4 is 5.32 Å². The number of aryl methyl sites for hydroxylation is 2. The third-order valence-corrected chi connectivity index (χ3v) is 5.89. The van der Waals surface area contributed by atoms with E-state index >= 15 is 0 Å². The summed E-state index contributed by atoms with van der Waals surface area (Å²) in [4.78, 5) is 16.8. The van der Waals surface area contributed by atoms with Crippen LogP contribution in [0.5, 0.6) is 0 Å². The van der Waals surface area contributed by atoms with Crippen molar-refractivity contribution in [2.24, 2.45) is 0 Å². The van der Waals surface area contributed by atoms with Crippen LogP contribution >= 0.6 is 23.1 Å². The molecule has 1 N–H and O–H groups in total. The summed E-state index contributed by atoms with van der Waals surface area (Å²) in [5, 5.41) is 14.6. The lowest BCUT2D eigenvalue weighted by atomic mass is 10.1. The molecule has 1 amide bonds. The standard InChI is InChI=1S/C19H23N5OS2/c1-11(2)24-16(15-8-6-7-12(3)9-15)22-23-19(24)27-14(5)17(25)21-18-20-13(4)10-26-18/h6-11,14H,1-5H3,(H,20,21,25)/t14-/m0/s1. The van der Waals surface area contributed by atoms with Gasteiger partial charge >= 0.3 is 0 Å². The van der Waals surface area contributed by atoms with E-state index in [1.165, 1.54) is 28.7 Å². The van der Waals surface area contributed by atoms with Crippen LogP contribution in [-0.2, 0) is 4.79 Å². The second kappa shape index (κ2) is 8.22. The average molecular weight is 402 g/mol. The molecule has 3 aromatic rings. The van der Waals surface area contributed by atoms with Crippen molar-refractivity contribution in [2.45, 2.75) is 51.1 Å². The summed E-state index contributed by atoms with van der Waals surface area (Å²) in [6.45, 7) is 10.0. The molecule has 0 bridgehead atoms. The number of anilines is 1. The molecule has 2 aromatic heterocycles. The molecule has 0 saturated carbocycles. The monoisotopic (exact) mass is 401 g/mol. The molecule has 142 valence electrons. The zero-order chi connectivity index (χ0) is 19.6. The third kappa shape index (κ3) is 4.56. The van der Waals surface area contributed by atoms with Crippen LogP contribution in [0, 0.1) is 13.8 Å². The van der Waals surface area contributed by atoms with Crippen LogP contribution in [-0.4, -0.2) is 30.9 Å². The van der Waals surface area contributed by atoms with Gasteiger partial charge in [-0.25, -0.2) is 4.98 Å². The van der Waals surface area contributed by atoms with Crippen molar-refractivity contribution in [3.63, 3.8) is 0 Å². The fraction of sp³-hybridized carbons (Fsp3) is 0.368. The van der Waals surface area contributed by atoms with E-state index in [1.54, 1.807) is 0 Å². The molecule has 6 nitrogen and oxygen atoms in total. The smallest absolute Gasteiger partial charge is 0.239 e. The summed E-state index contributed by atoms with van der Waals surface area (Å²) in [7, 11) is 0. The normalized spacial score (nSPS) is 12.4. The Bertz CT molecular complexity index is 947. The summed E-state index contributed by atoms with van der Waals surface area (Å²) >= 11 is 2.83. The number of rotatable bonds is 6. The van der Waals surface area contributed by atoms with Gasteiger partial charge in [0.2, 0.25) is 5.91 Å². The molecule has 1 aromatic carbocycles. The molecule has 0 unspecified atom stereocenters. The Morgan fingerprint density at radius 2 is 2.00 bits per heavy atom. The number of carbonyl (C=O) groups is 1. The molecular weight excluding hydrogens is 378 g/mol. The molecule has 0 aliphatic rings. The number of carbonyl (C=O) groups excluding carboxylic acids is 1. The largest absolute Gasteiger partial charge is 0.301 e. The Labute approximate surface area is 167 Å². The van der Waals surface area contributed by atoms with Crippen LogP contribution in [0.15, 0.2) is 34.8 Å². The Morgan fingerprint density at radius 3 is 2.63 bits per heavy atom. The van der Waals surface area contributed by atoms with Gasteiger partial charge in [-0.3, -0.25) is 9.36 Å². The minimum Gasteiger partial charge on any atom is -0.301 e. The molecule has 0 radical (unpaired) electrons. The number of thioether (sulfide) groups is 1. The van der Waals surface area contributed by atoms with Crippen LogP contribution in [0.3, 0.4) is 0 Å². The number of aromatic nitrogens is 4. The van der Waals surface area contributed by atoms with Crippen molar-refractivity contribution in [1.82, 2.24) is 19.7 Å². The number of benzene rings is 1. The second-order valence-corrected chi connectivity index (χ2v) is 8.85. The van der Waals surface area contributed by atoms with Crippen molar-refractivity contribution in [2.75, 3.05) is 5.32 Å². The van der Waals surface area contributed by atoms with Gasteiger partial charge in [-0.15, -0.1) is 21.5 Å². The van der Waals surface area contributed by atoms with Crippen LogP contribution in [0.4, 0.5) is 5.13 Å². The molecule has 0 spiro atoms. The van der Waals surface area contributed by atoms with E-state index in [1.807, 2.05) is 31.4 Å². The van der Waals surface area contributed by atoms with Crippen molar-refractivity contribution >= 4 is 34.1 Å². The maximum Gasteiger partial charge on any atom is 0.239 e. The first-order valence-electron chi connectivity index (χ1n) is 8.76. The van der Waals surface area contributed by atoms with Crippen LogP contribution in [0.2, 0.25) is 0 Å². The van der Waals surface area contributed by atoms with Gasteiger partial charge in [0.1, 0.15) is 0 Å². The van der Waals surface area contributed by atoms with Gasteiger partial charge in [0.05, 0.1) is 10.9 Å². The van der Waals surface area contributed by atoms with Crippen molar-refractivity contribution in [3.8, 4) is 11.4 Å². The fourth-order valence-corrected chi connectivity index (χ4v) is 4.31. The Balaban J connectivity index is 1.81. The highest BCUT2D eigenvalue weighted by molar-refractivity contribution is 8.00. The average Bonchev–Trinajstić information content (AvgIpc) is 3.21. The molecular formula is C19H23N5OS2. The van der Waals surface area contributed by atoms with Crippen molar-refractivity contribution in [3.05, 3.63) is 40.9 Å². The van der Waals surface area contributed by atoms with Crippen LogP contribution in [0.25, 0.3) is 11.4 Å². The van der Waals surface area contributed by atoms with Gasteiger partial charge < -0.3 is 5.32 Å². The van der Waals surface area contributed by atoms with E-state index in [2.05, 4.69) is 58.0 Å². The maximum atomic E-state index is 12.5. The first-order chi connectivity index (χ1) is 12.8. The second-order valence-electron chi connectivity index (χ2n) is 6.68. The van der Waals surface area contributed by atoms with Crippen molar-refractivity contribution < 1.29 is 4.79 Å². The van der Waals surface area contributed by atoms with Gasteiger partial charge in [-0.1, -0.05) is 35.5 Å². The Morgan fingerprint density at radius 1 is 1.22 bits per heavy atom. The Kier molecular flexibility index (Phi) is 5.96. The minimum absolute atomic E-state index is 0.0928. The third-order valence-electron chi connectivity index (χ3n) is 3.96. The SMILES string of the molecule is Cc1cccc(-c2nnc(S[C@@H](C)C(=O)Nc3nc(C)cs3)n2C(C)C)c1. The zero-order valence-corrected chi connectivity index (χ0v) is 17.7. The molecule has 1 atom stereocenters. The molecule has 3 rings (SSSR count). The predicted molar refractivity (Wildman–Crippen MR) is 111 cm³/mol. The van der Waals surface area contributed by atoms with Gasteiger partial charge in [-0.05, 0) is 40.7 Å². The molecule has 0 aliphatic carbocycles. The summed E-state index contributed by atoms with van der Waals surface area (Å²) in [5.41, 5.74) is 3.10. The number of hydrogen-bond acceptors (Lipinski definition) is 6. The lowest BCUT2D eigenvalue weighted by molar-refractivity contribution is -0.115. The van der Waals surface area contributed by atoms with Gasteiger partial charge in [0, 0.05) is 17.0 Å². The van der Waals surface area contributed by atoms with E-state index in [-0.39, 0.29) is 17.2 Å². The van der Waals surface area contributed by atoms with Crippen molar-refractivity contribution in [1.29, 1.82) is 0 Å². The highest BCUT2D eigenvalue weighted by Crippen LogP contribution is 2.30. The van der Waals surface area contributed by atoms with Crippen LogP contribution in [0.1, 0.15) is 38.1 Å². The summed E-state index contributed by atoms with van der Waals surface area (Å²) in [6.07, 6.45) is 0. The van der Waals surface area contributed by atoms with Gasteiger partial charge in [0.25, 0.3) is 0 Å². The quantitative estimate of drug-likeness (QED) is 0.605. The number of amides is 1.